The molecule has 0 saturated heterocycles. The minimum atomic E-state index is -3.25. The van der Waals surface area contributed by atoms with Crippen molar-refractivity contribution in [2.24, 2.45) is 0 Å². The topological polar surface area (TPSA) is 68.3 Å². The summed E-state index contributed by atoms with van der Waals surface area (Å²) in [6.45, 7) is 3.89. The Morgan fingerprint density at radius 3 is 1.09 bits per heavy atom. The van der Waals surface area contributed by atoms with Crippen molar-refractivity contribution in [1.29, 1.82) is 0 Å². The first-order valence-corrected chi connectivity index (χ1v) is 17.1. The Hall–Kier alpha value is -0.960. The van der Waals surface area contributed by atoms with Crippen LogP contribution in [0.15, 0.2) is 58.3 Å². The maximum Gasteiger partial charge on any atom is 0.229 e. The van der Waals surface area contributed by atoms with Gasteiger partial charge in [-0.25, -0.2) is 16.8 Å². The predicted octanol–water partition coefficient (Wildman–Crippen LogP) is 6.97. The molecule has 0 amide bonds. The van der Waals surface area contributed by atoms with Gasteiger partial charge in [-0.05, 0) is 72.5 Å². The summed E-state index contributed by atoms with van der Waals surface area (Å²) in [5, 5.41) is 0. The second kappa shape index (κ2) is 13.7. The lowest BCUT2D eigenvalue weighted by Gasteiger charge is -2.05. The van der Waals surface area contributed by atoms with Gasteiger partial charge in [0.15, 0.2) is 0 Å². The fraction of sp³-hybridized carbons (Fsp3) is 0.500. The molecule has 0 N–H and O–H groups in total. The second-order valence-corrected chi connectivity index (χ2v) is 16.1. The van der Waals surface area contributed by atoms with Gasteiger partial charge in [-0.1, -0.05) is 73.9 Å². The molecule has 2 aromatic carbocycles. The third-order valence-electron chi connectivity index (χ3n) is 5.13. The summed E-state index contributed by atoms with van der Waals surface area (Å²) in [4.78, 5) is 0.774. The summed E-state index contributed by atoms with van der Waals surface area (Å²) in [6, 6.07) is 14.0. The Bertz CT molecular complexity index is 927. The van der Waals surface area contributed by atoms with E-state index in [0.717, 1.165) is 84.1 Å². The molecule has 4 nitrogen and oxygen atoms in total. The van der Waals surface area contributed by atoms with Gasteiger partial charge in [-0.15, -0.1) is 0 Å². The molecule has 178 valence electrons. The third-order valence-corrected chi connectivity index (χ3v) is 12.4. The summed E-state index contributed by atoms with van der Waals surface area (Å²) in [5.41, 5.74) is 2.11. The molecule has 8 heteroatoms. The van der Waals surface area contributed by atoms with Gasteiger partial charge in [-0.3, -0.25) is 0 Å². The number of benzene rings is 2. The lowest BCUT2D eigenvalue weighted by atomic mass is 10.1. The van der Waals surface area contributed by atoms with E-state index in [9.17, 15) is 16.8 Å². The fourth-order valence-corrected chi connectivity index (χ4v) is 8.95. The summed E-state index contributed by atoms with van der Waals surface area (Å²) >= 11 is 0. The lowest BCUT2D eigenvalue weighted by Crippen LogP contribution is -1.97. The molecule has 0 fully saturated rings. The van der Waals surface area contributed by atoms with Crippen LogP contribution in [0.4, 0.5) is 0 Å². The van der Waals surface area contributed by atoms with Crippen LogP contribution in [-0.2, 0) is 17.7 Å². The highest BCUT2D eigenvalue weighted by Gasteiger charge is 2.15. The van der Waals surface area contributed by atoms with Crippen molar-refractivity contribution in [3.05, 3.63) is 59.7 Å². The van der Waals surface area contributed by atoms with E-state index in [1.807, 2.05) is 38.1 Å². The minimum absolute atomic E-state index is 0.387. The van der Waals surface area contributed by atoms with Crippen molar-refractivity contribution in [2.45, 2.75) is 75.0 Å². The first kappa shape index (κ1) is 27.3. The predicted molar refractivity (Wildman–Crippen MR) is 139 cm³/mol. The smallest absolute Gasteiger partial charge is 0.212 e. The molecule has 0 heterocycles. The van der Waals surface area contributed by atoms with Crippen LogP contribution in [-0.4, -0.2) is 28.3 Å². The SMILES string of the molecule is Cc1ccc(S(=O)(=O)SCCCCCCCCCCSS(=O)(=O)c2ccc(C)cc2)cc1. The fourth-order valence-electron chi connectivity index (χ4n) is 3.15. The van der Waals surface area contributed by atoms with Crippen molar-refractivity contribution < 1.29 is 16.8 Å². The summed E-state index contributed by atoms with van der Waals surface area (Å²) in [5.74, 6) is 1.26. The molecule has 0 aliphatic rings. The van der Waals surface area contributed by atoms with Gasteiger partial charge in [0, 0.05) is 11.5 Å². The van der Waals surface area contributed by atoms with Gasteiger partial charge in [0.25, 0.3) is 0 Å². The Kier molecular flexibility index (Phi) is 11.7. The van der Waals surface area contributed by atoms with Crippen molar-refractivity contribution in [1.82, 2.24) is 0 Å². The second-order valence-electron chi connectivity index (χ2n) is 8.01. The van der Waals surface area contributed by atoms with Crippen molar-refractivity contribution in [2.75, 3.05) is 11.5 Å². The summed E-state index contributed by atoms with van der Waals surface area (Å²) in [7, 11) is -4.42. The van der Waals surface area contributed by atoms with Gasteiger partial charge >= 0.3 is 0 Å². The number of unbranched alkanes of at least 4 members (excludes halogenated alkanes) is 7. The molecule has 0 radical (unpaired) electrons. The van der Waals surface area contributed by atoms with Crippen LogP contribution in [0.5, 0.6) is 0 Å². The van der Waals surface area contributed by atoms with E-state index in [0.29, 0.717) is 21.3 Å². The zero-order chi connectivity index (χ0) is 23.5. The largest absolute Gasteiger partial charge is 0.229 e. The first-order chi connectivity index (χ1) is 15.2. The van der Waals surface area contributed by atoms with E-state index < -0.39 is 17.7 Å². The highest BCUT2D eigenvalue weighted by atomic mass is 33.1. The minimum Gasteiger partial charge on any atom is -0.212 e. The molecule has 0 spiro atoms. The van der Waals surface area contributed by atoms with Crippen LogP contribution in [0, 0.1) is 13.8 Å². The van der Waals surface area contributed by atoms with E-state index in [1.165, 1.54) is 0 Å². The number of hydrogen-bond donors (Lipinski definition) is 0. The molecular formula is C24H34O4S4. The monoisotopic (exact) mass is 514 g/mol. The molecule has 2 rings (SSSR count). The maximum atomic E-state index is 12.3. The maximum absolute atomic E-state index is 12.3. The van der Waals surface area contributed by atoms with Crippen LogP contribution in [0.1, 0.15) is 62.5 Å². The van der Waals surface area contributed by atoms with Crippen LogP contribution >= 0.6 is 21.6 Å². The molecule has 0 saturated carbocycles. The normalized spacial score (nSPS) is 12.2. The first-order valence-electron chi connectivity index (χ1n) is 11.1. The number of hydrogen-bond acceptors (Lipinski definition) is 6. The summed E-state index contributed by atoms with van der Waals surface area (Å²) < 4.78 is 49.1. The average Bonchev–Trinajstić information content (AvgIpc) is 2.75. The number of rotatable bonds is 15. The molecular weight excluding hydrogens is 481 g/mol. The Morgan fingerprint density at radius 1 is 0.500 bits per heavy atom. The van der Waals surface area contributed by atoms with Crippen LogP contribution in [0.25, 0.3) is 0 Å². The van der Waals surface area contributed by atoms with Crippen LogP contribution in [0.3, 0.4) is 0 Å². The molecule has 0 aliphatic carbocycles. The third kappa shape index (κ3) is 9.89. The summed E-state index contributed by atoms with van der Waals surface area (Å²) in [6.07, 6.45) is 8.41. The van der Waals surface area contributed by atoms with E-state index >= 15 is 0 Å². The van der Waals surface area contributed by atoms with Gasteiger partial charge in [0.1, 0.15) is 0 Å². The van der Waals surface area contributed by atoms with Crippen molar-refractivity contribution in [3.8, 4) is 0 Å². The number of aryl methyl sites for hydroxylation is 2. The lowest BCUT2D eigenvalue weighted by molar-refractivity contribution is 0.587. The van der Waals surface area contributed by atoms with E-state index in [-0.39, 0.29) is 0 Å². The Labute approximate surface area is 201 Å². The molecule has 32 heavy (non-hydrogen) atoms. The zero-order valence-corrected chi connectivity index (χ0v) is 22.2. The Morgan fingerprint density at radius 2 is 0.781 bits per heavy atom. The average molecular weight is 515 g/mol. The van der Waals surface area contributed by atoms with E-state index in [1.54, 1.807) is 24.3 Å². The Balaban J connectivity index is 1.47. The molecule has 0 atom stereocenters. The quantitative estimate of drug-likeness (QED) is 0.189. The molecule has 2 aromatic rings. The van der Waals surface area contributed by atoms with Gasteiger partial charge in [0.05, 0.1) is 9.79 Å². The van der Waals surface area contributed by atoms with E-state index in [4.69, 9.17) is 0 Å². The van der Waals surface area contributed by atoms with Crippen molar-refractivity contribution >= 4 is 39.3 Å². The van der Waals surface area contributed by atoms with Crippen LogP contribution in [0.2, 0.25) is 0 Å². The molecule has 0 aliphatic heterocycles. The van der Waals surface area contributed by atoms with Crippen LogP contribution < -0.4 is 0 Å². The van der Waals surface area contributed by atoms with Crippen molar-refractivity contribution in [3.63, 3.8) is 0 Å². The standard InChI is InChI=1S/C24H34O4S4/c1-21-11-15-23(16-12-21)31(25,26)29-19-9-7-5-3-4-6-8-10-20-30-32(27,28)24-17-13-22(2)14-18-24/h11-18H,3-10,19-20H2,1-2H3. The molecule has 0 bridgehead atoms. The van der Waals surface area contributed by atoms with E-state index in [2.05, 4.69) is 0 Å². The van der Waals surface area contributed by atoms with Gasteiger partial charge in [-0.2, -0.15) is 0 Å². The van der Waals surface area contributed by atoms with Gasteiger partial charge in [0.2, 0.25) is 17.7 Å². The molecule has 0 aromatic heterocycles. The zero-order valence-electron chi connectivity index (χ0n) is 19.0. The van der Waals surface area contributed by atoms with Gasteiger partial charge < -0.3 is 0 Å². The molecule has 0 unspecified atom stereocenters. The highest BCUT2D eigenvalue weighted by Crippen LogP contribution is 2.26. The highest BCUT2D eigenvalue weighted by molar-refractivity contribution is 8.72.